The Hall–Kier alpha value is -1.02. The summed E-state index contributed by atoms with van der Waals surface area (Å²) in [6, 6.07) is 5.26. The van der Waals surface area contributed by atoms with Crippen LogP contribution in [0, 0.1) is 0 Å². The molecule has 0 N–H and O–H groups in total. The van der Waals surface area contributed by atoms with E-state index in [1.54, 1.807) is 0 Å². The number of aryl methyl sites for hydroxylation is 1. The van der Waals surface area contributed by atoms with E-state index in [0.29, 0.717) is 0 Å². The van der Waals surface area contributed by atoms with E-state index in [4.69, 9.17) is 0 Å². The van der Waals surface area contributed by atoms with Gasteiger partial charge in [-0.15, -0.1) is 0 Å². The van der Waals surface area contributed by atoms with Crippen LogP contribution < -0.4 is 0 Å². The number of nitrogens with zero attached hydrogens (tertiary/aromatic N) is 2. The molecule has 1 aromatic heterocycles. The average molecular weight is 202 g/mol. The van der Waals surface area contributed by atoms with Gasteiger partial charge in [-0.25, -0.2) is 0 Å². The molecule has 80 valence electrons. The fourth-order valence-electron chi connectivity index (χ4n) is 2.48. The van der Waals surface area contributed by atoms with E-state index < -0.39 is 0 Å². The summed E-state index contributed by atoms with van der Waals surface area (Å²) in [5, 5.41) is 0. The Bertz CT molecular complexity index is 385. The molecule has 1 aliphatic carbocycles. The van der Waals surface area contributed by atoms with Gasteiger partial charge in [-0.05, 0) is 37.0 Å². The fraction of sp³-hybridized carbons (Fsp3) is 0.538. The average Bonchev–Trinajstić information content (AvgIpc) is 3.02. The zero-order valence-corrected chi connectivity index (χ0v) is 9.32. The standard InChI is InChI=1S/C13H18N2/c1-14-8-2-3-13(14)11-6-9-15(10-7-11)12-4-5-12/h2-3,6,8,12H,4-5,7,9-10H2,1H3. The Labute approximate surface area is 91.2 Å². The molecule has 15 heavy (non-hydrogen) atoms. The summed E-state index contributed by atoms with van der Waals surface area (Å²) in [5.41, 5.74) is 2.92. The Morgan fingerprint density at radius 2 is 2.20 bits per heavy atom. The van der Waals surface area contributed by atoms with Crippen LogP contribution in [-0.4, -0.2) is 28.6 Å². The third-order valence-electron chi connectivity index (χ3n) is 3.58. The number of hydrogen-bond donors (Lipinski definition) is 0. The molecule has 1 fully saturated rings. The van der Waals surface area contributed by atoms with Crippen LogP contribution in [-0.2, 0) is 7.05 Å². The van der Waals surface area contributed by atoms with Gasteiger partial charge in [-0.3, -0.25) is 4.90 Å². The minimum Gasteiger partial charge on any atom is -0.351 e. The van der Waals surface area contributed by atoms with Crippen molar-refractivity contribution in [2.75, 3.05) is 13.1 Å². The van der Waals surface area contributed by atoms with Crippen molar-refractivity contribution in [3.63, 3.8) is 0 Å². The Morgan fingerprint density at radius 1 is 1.33 bits per heavy atom. The Morgan fingerprint density at radius 3 is 2.73 bits per heavy atom. The first kappa shape index (κ1) is 9.22. The molecule has 0 atom stereocenters. The predicted octanol–water partition coefficient (Wildman–Crippen LogP) is 2.28. The quantitative estimate of drug-likeness (QED) is 0.714. The molecular formula is C13H18N2. The summed E-state index contributed by atoms with van der Waals surface area (Å²) in [4.78, 5) is 2.62. The molecule has 0 radical (unpaired) electrons. The molecule has 1 saturated carbocycles. The summed E-state index contributed by atoms with van der Waals surface area (Å²) in [7, 11) is 2.13. The minimum absolute atomic E-state index is 0.913. The lowest BCUT2D eigenvalue weighted by Crippen LogP contribution is -2.30. The van der Waals surface area contributed by atoms with Gasteiger partial charge in [0.1, 0.15) is 0 Å². The van der Waals surface area contributed by atoms with Gasteiger partial charge in [0.05, 0.1) is 0 Å². The highest BCUT2D eigenvalue weighted by molar-refractivity contribution is 5.64. The van der Waals surface area contributed by atoms with Crippen molar-refractivity contribution >= 4 is 5.57 Å². The monoisotopic (exact) mass is 202 g/mol. The normalized spacial score (nSPS) is 22.9. The molecule has 0 saturated heterocycles. The summed E-state index contributed by atoms with van der Waals surface area (Å²) < 4.78 is 2.22. The molecule has 2 aliphatic rings. The lowest BCUT2D eigenvalue weighted by atomic mass is 10.0. The second-order valence-electron chi connectivity index (χ2n) is 4.71. The van der Waals surface area contributed by atoms with Gasteiger partial charge in [0.2, 0.25) is 0 Å². The lowest BCUT2D eigenvalue weighted by Gasteiger charge is -2.26. The summed E-state index contributed by atoms with van der Waals surface area (Å²) in [5.74, 6) is 0. The number of rotatable bonds is 2. The third-order valence-corrected chi connectivity index (χ3v) is 3.58. The van der Waals surface area contributed by atoms with E-state index in [9.17, 15) is 0 Å². The SMILES string of the molecule is Cn1cccc1C1=CCN(C2CC2)CC1. The molecule has 2 nitrogen and oxygen atoms in total. The van der Waals surface area contributed by atoms with Gasteiger partial charge in [-0.1, -0.05) is 6.08 Å². The second-order valence-corrected chi connectivity index (χ2v) is 4.71. The molecule has 0 amide bonds. The van der Waals surface area contributed by atoms with Gasteiger partial charge in [-0.2, -0.15) is 0 Å². The van der Waals surface area contributed by atoms with E-state index in [-0.39, 0.29) is 0 Å². The van der Waals surface area contributed by atoms with E-state index >= 15 is 0 Å². The van der Waals surface area contributed by atoms with Gasteiger partial charge in [0, 0.05) is 38.1 Å². The maximum Gasteiger partial charge on any atom is 0.0434 e. The number of aromatic nitrogens is 1. The molecule has 1 aliphatic heterocycles. The molecule has 3 rings (SSSR count). The van der Waals surface area contributed by atoms with Crippen LogP contribution in [0.2, 0.25) is 0 Å². The van der Waals surface area contributed by atoms with Crippen LogP contribution >= 0.6 is 0 Å². The Kier molecular flexibility index (Phi) is 2.17. The summed E-state index contributed by atoms with van der Waals surface area (Å²) >= 11 is 0. The van der Waals surface area contributed by atoms with Gasteiger partial charge < -0.3 is 4.57 Å². The highest BCUT2D eigenvalue weighted by Gasteiger charge is 2.29. The molecule has 0 aromatic carbocycles. The molecule has 0 unspecified atom stereocenters. The molecular weight excluding hydrogens is 184 g/mol. The topological polar surface area (TPSA) is 8.17 Å². The maximum atomic E-state index is 2.62. The fourth-order valence-corrected chi connectivity index (χ4v) is 2.48. The number of hydrogen-bond acceptors (Lipinski definition) is 1. The second kappa shape index (κ2) is 3.53. The van der Waals surface area contributed by atoms with Crippen molar-refractivity contribution in [3.8, 4) is 0 Å². The van der Waals surface area contributed by atoms with Crippen LogP contribution in [0.3, 0.4) is 0 Å². The van der Waals surface area contributed by atoms with E-state index in [2.05, 4.69) is 40.9 Å². The first-order valence-corrected chi connectivity index (χ1v) is 5.89. The van der Waals surface area contributed by atoms with Gasteiger partial charge in [0.15, 0.2) is 0 Å². The summed E-state index contributed by atoms with van der Waals surface area (Å²) in [6.07, 6.45) is 8.61. The van der Waals surface area contributed by atoms with E-state index in [0.717, 1.165) is 12.6 Å². The van der Waals surface area contributed by atoms with Gasteiger partial charge in [0.25, 0.3) is 0 Å². The summed E-state index contributed by atoms with van der Waals surface area (Å²) in [6.45, 7) is 2.41. The third kappa shape index (κ3) is 1.74. The van der Waals surface area contributed by atoms with Crippen LogP contribution in [0.1, 0.15) is 25.0 Å². The molecule has 1 aromatic rings. The van der Waals surface area contributed by atoms with Crippen LogP contribution in [0.5, 0.6) is 0 Å². The maximum absolute atomic E-state index is 2.62. The smallest absolute Gasteiger partial charge is 0.0434 e. The Balaban J connectivity index is 1.76. The zero-order valence-electron chi connectivity index (χ0n) is 9.32. The van der Waals surface area contributed by atoms with Gasteiger partial charge >= 0.3 is 0 Å². The zero-order chi connectivity index (χ0) is 10.3. The highest BCUT2D eigenvalue weighted by atomic mass is 15.2. The van der Waals surface area contributed by atoms with Crippen LogP contribution in [0.15, 0.2) is 24.4 Å². The molecule has 0 bridgehead atoms. The first-order valence-electron chi connectivity index (χ1n) is 5.89. The van der Waals surface area contributed by atoms with E-state index in [1.165, 1.54) is 37.1 Å². The van der Waals surface area contributed by atoms with Crippen molar-refractivity contribution in [1.82, 2.24) is 9.47 Å². The highest BCUT2D eigenvalue weighted by Crippen LogP contribution is 2.31. The van der Waals surface area contributed by atoms with Crippen molar-refractivity contribution in [2.24, 2.45) is 7.05 Å². The van der Waals surface area contributed by atoms with Crippen molar-refractivity contribution in [2.45, 2.75) is 25.3 Å². The molecule has 0 spiro atoms. The van der Waals surface area contributed by atoms with Crippen LogP contribution in [0.25, 0.3) is 5.57 Å². The predicted molar refractivity (Wildman–Crippen MR) is 62.6 cm³/mol. The van der Waals surface area contributed by atoms with E-state index in [1.807, 2.05) is 0 Å². The lowest BCUT2D eigenvalue weighted by molar-refractivity contribution is 0.291. The largest absolute Gasteiger partial charge is 0.351 e. The van der Waals surface area contributed by atoms with Crippen molar-refractivity contribution in [1.29, 1.82) is 0 Å². The van der Waals surface area contributed by atoms with Crippen molar-refractivity contribution in [3.05, 3.63) is 30.1 Å². The first-order chi connectivity index (χ1) is 7.34. The van der Waals surface area contributed by atoms with Crippen molar-refractivity contribution < 1.29 is 0 Å². The molecule has 2 heteroatoms. The minimum atomic E-state index is 0.913. The van der Waals surface area contributed by atoms with Crippen LogP contribution in [0.4, 0.5) is 0 Å². The molecule has 2 heterocycles.